The first-order valence-electron chi connectivity index (χ1n) is 2.54. The average molecular weight is 178 g/mol. The SMILES string of the molecule is O=C(O)/C=C/C(=O)O.OB(O)O. The van der Waals surface area contributed by atoms with Crippen LogP contribution in [0.25, 0.3) is 0 Å². The molecule has 0 saturated carbocycles. The van der Waals surface area contributed by atoms with E-state index in [1.807, 2.05) is 0 Å². The first kappa shape index (κ1) is 13.2. The van der Waals surface area contributed by atoms with Gasteiger partial charge >= 0.3 is 19.3 Å². The van der Waals surface area contributed by atoms with Gasteiger partial charge in [-0.3, -0.25) is 0 Å². The Balaban J connectivity index is 0. The summed E-state index contributed by atoms with van der Waals surface area (Å²) >= 11 is 0. The van der Waals surface area contributed by atoms with Crippen LogP contribution in [0, 0.1) is 0 Å². The van der Waals surface area contributed by atoms with Crippen LogP contribution in [-0.4, -0.2) is 44.5 Å². The van der Waals surface area contributed by atoms with Gasteiger partial charge in [-0.05, 0) is 0 Å². The van der Waals surface area contributed by atoms with Crippen molar-refractivity contribution in [2.45, 2.75) is 0 Å². The molecule has 0 aromatic heterocycles. The number of carbonyl (C=O) groups is 2. The molecule has 0 aliphatic carbocycles. The van der Waals surface area contributed by atoms with Gasteiger partial charge in [0.15, 0.2) is 0 Å². The van der Waals surface area contributed by atoms with Gasteiger partial charge in [0.2, 0.25) is 0 Å². The maximum absolute atomic E-state index is 9.55. The highest BCUT2D eigenvalue weighted by Gasteiger charge is 1.92. The van der Waals surface area contributed by atoms with E-state index < -0.39 is 19.3 Å². The Bertz CT molecular complexity index is 155. The normalized spacial score (nSPS) is 8.58. The molecule has 0 fully saturated rings. The van der Waals surface area contributed by atoms with Crippen LogP contribution in [-0.2, 0) is 9.59 Å². The molecule has 0 aromatic carbocycles. The zero-order chi connectivity index (χ0) is 10.1. The molecule has 0 saturated heterocycles. The zero-order valence-electron chi connectivity index (χ0n) is 5.78. The molecule has 0 aliphatic heterocycles. The Labute approximate surface area is 67.4 Å². The third-order valence-electron chi connectivity index (χ3n) is 0.368. The van der Waals surface area contributed by atoms with Crippen LogP contribution in [0.15, 0.2) is 12.2 Å². The molecule has 0 rings (SSSR count). The second-order valence-electron chi connectivity index (χ2n) is 1.36. The Morgan fingerprint density at radius 1 is 0.917 bits per heavy atom. The second kappa shape index (κ2) is 7.73. The van der Waals surface area contributed by atoms with Crippen LogP contribution >= 0.6 is 0 Å². The maximum atomic E-state index is 9.55. The fraction of sp³-hybridized carbons (Fsp3) is 0. The molecule has 0 aromatic rings. The predicted octanol–water partition coefficient (Wildman–Crippen LogP) is -2.34. The van der Waals surface area contributed by atoms with E-state index in [9.17, 15) is 9.59 Å². The molecule has 0 spiro atoms. The summed E-state index contributed by atoms with van der Waals surface area (Å²) in [7, 11) is -2.17. The third-order valence-corrected chi connectivity index (χ3v) is 0.368. The molecule has 12 heavy (non-hydrogen) atoms. The highest BCUT2D eigenvalue weighted by molar-refractivity contribution is 6.30. The minimum absolute atomic E-state index is 0.558. The summed E-state index contributed by atoms with van der Waals surface area (Å²) in [5, 5.41) is 37.1. The van der Waals surface area contributed by atoms with Crippen LogP contribution < -0.4 is 0 Å². The first-order valence-corrected chi connectivity index (χ1v) is 2.54. The monoisotopic (exact) mass is 178 g/mol. The molecule has 0 heterocycles. The standard InChI is InChI=1S/C4H4O4.BH3O3/c5-3(6)1-2-4(7)8;2-1(3)4/h1-2H,(H,5,6)(H,7,8);2-4H/b2-1+;. The summed E-state index contributed by atoms with van der Waals surface area (Å²) in [6, 6.07) is 0. The van der Waals surface area contributed by atoms with E-state index in [0.717, 1.165) is 0 Å². The summed E-state index contributed by atoms with van der Waals surface area (Å²) in [6.45, 7) is 0. The van der Waals surface area contributed by atoms with Gasteiger partial charge in [-0.1, -0.05) is 0 Å². The molecule has 0 unspecified atom stereocenters. The van der Waals surface area contributed by atoms with Gasteiger partial charge in [-0.15, -0.1) is 0 Å². The Hall–Kier alpha value is -1.38. The maximum Gasteiger partial charge on any atom is 0.631 e. The number of carboxylic acid groups (broad SMARTS) is 2. The molecule has 0 atom stereocenters. The zero-order valence-corrected chi connectivity index (χ0v) is 5.78. The lowest BCUT2D eigenvalue weighted by molar-refractivity contribution is -0.134. The van der Waals surface area contributed by atoms with E-state index in [-0.39, 0.29) is 0 Å². The van der Waals surface area contributed by atoms with Crippen molar-refractivity contribution in [2.75, 3.05) is 0 Å². The fourth-order valence-electron chi connectivity index (χ4n) is 0.143. The van der Waals surface area contributed by atoms with Gasteiger partial charge in [0.05, 0.1) is 0 Å². The van der Waals surface area contributed by atoms with E-state index in [1.54, 1.807) is 0 Å². The number of aliphatic carboxylic acids is 2. The van der Waals surface area contributed by atoms with Crippen LogP contribution in [0.4, 0.5) is 0 Å². The molecular weight excluding hydrogens is 171 g/mol. The molecule has 0 bridgehead atoms. The Kier molecular flexibility index (Phi) is 8.52. The number of carboxylic acids is 2. The van der Waals surface area contributed by atoms with Crippen molar-refractivity contribution >= 4 is 19.3 Å². The quantitative estimate of drug-likeness (QED) is 0.236. The van der Waals surface area contributed by atoms with E-state index in [2.05, 4.69) is 0 Å². The number of hydrogen-bond donors (Lipinski definition) is 5. The van der Waals surface area contributed by atoms with Gasteiger partial charge in [0.25, 0.3) is 0 Å². The summed E-state index contributed by atoms with van der Waals surface area (Å²) in [5.41, 5.74) is 0. The lowest BCUT2D eigenvalue weighted by Crippen LogP contribution is -2.07. The molecule has 68 valence electrons. The lowest BCUT2D eigenvalue weighted by atomic mass is 10.3. The highest BCUT2D eigenvalue weighted by atomic mass is 16.5. The second-order valence-corrected chi connectivity index (χ2v) is 1.36. The minimum Gasteiger partial charge on any atom is -0.478 e. The lowest BCUT2D eigenvalue weighted by Gasteiger charge is -1.74. The van der Waals surface area contributed by atoms with E-state index in [1.165, 1.54) is 0 Å². The average Bonchev–Trinajstić information content (AvgIpc) is 1.82. The van der Waals surface area contributed by atoms with E-state index in [0.29, 0.717) is 12.2 Å². The van der Waals surface area contributed by atoms with Crippen LogP contribution in [0.2, 0.25) is 0 Å². The first-order chi connectivity index (χ1) is 5.36. The van der Waals surface area contributed by atoms with Crippen molar-refractivity contribution < 1.29 is 34.9 Å². The molecule has 0 amide bonds. The van der Waals surface area contributed by atoms with E-state index >= 15 is 0 Å². The largest absolute Gasteiger partial charge is 0.631 e. The molecule has 7 nitrogen and oxygen atoms in total. The van der Waals surface area contributed by atoms with Gasteiger partial charge in [0, 0.05) is 12.2 Å². The third kappa shape index (κ3) is 38.2. The minimum atomic E-state index is -2.17. The van der Waals surface area contributed by atoms with Crippen molar-refractivity contribution in [3.05, 3.63) is 12.2 Å². The van der Waals surface area contributed by atoms with E-state index in [4.69, 9.17) is 25.3 Å². The van der Waals surface area contributed by atoms with Crippen molar-refractivity contribution in [3.8, 4) is 0 Å². The van der Waals surface area contributed by atoms with Gasteiger partial charge in [-0.2, -0.15) is 0 Å². The Morgan fingerprint density at radius 3 is 1.17 bits per heavy atom. The fourth-order valence-corrected chi connectivity index (χ4v) is 0.143. The van der Waals surface area contributed by atoms with Gasteiger partial charge in [0.1, 0.15) is 0 Å². The summed E-state index contributed by atoms with van der Waals surface area (Å²) in [5.74, 6) is -2.51. The van der Waals surface area contributed by atoms with Crippen molar-refractivity contribution in [3.63, 3.8) is 0 Å². The highest BCUT2D eigenvalue weighted by Crippen LogP contribution is 1.70. The number of rotatable bonds is 2. The molecular formula is C4H7BO7. The van der Waals surface area contributed by atoms with Crippen molar-refractivity contribution in [1.29, 1.82) is 0 Å². The van der Waals surface area contributed by atoms with Crippen LogP contribution in [0.1, 0.15) is 0 Å². The Morgan fingerprint density at radius 2 is 1.08 bits per heavy atom. The summed E-state index contributed by atoms with van der Waals surface area (Å²) < 4.78 is 0. The number of hydrogen-bond acceptors (Lipinski definition) is 5. The van der Waals surface area contributed by atoms with Gasteiger partial charge < -0.3 is 25.3 Å². The smallest absolute Gasteiger partial charge is 0.478 e. The molecule has 0 radical (unpaired) electrons. The summed E-state index contributed by atoms with van der Waals surface area (Å²) in [6.07, 6.45) is 1.12. The molecule has 5 N–H and O–H groups in total. The van der Waals surface area contributed by atoms with Crippen LogP contribution in [0.3, 0.4) is 0 Å². The van der Waals surface area contributed by atoms with Gasteiger partial charge in [-0.25, -0.2) is 9.59 Å². The molecule has 0 aliphatic rings. The van der Waals surface area contributed by atoms with Crippen molar-refractivity contribution in [1.82, 2.24) is 0 Å². The summed E-state index contributed by atoms with van der Waals surface area (Å²) in [4.78, 5) is 19.1. The molecule has 8 heteroatoms. The van der Waals surface area contributed by atoms with Crippen molar-refractivity contribution in [2.24, 2.45) is 0 Å². The topological polar surface area (TPSA) is 135 Å². The van der Waals surface area contributed by atoms with Crippen LogP contribution in [0.5, 0.6) is 0 Å². The predicted molar refractivity (Wildman–Crippen MR) is 36.8 cm³/mol.